The zero-order valence-electron chi connectivity index (χ0n) is 12.6. The van der Waals surface area contributed by atoms with Crippen LogP contribution in [0, 0.1) is 11.6 Å². The van der Waals surface area contributed by atoms with E-state index < -0.39 is 23.7 Å². The van der Waals surface area contributed by atoms with Gasteiger partial charge in [-0.2, -0.15) is 0 Å². The number of hydrogen-bond donors (Lipinski definition) is 2. The predicted molar refractivity (Wildman–Crippen MR) is 82.0 cm³/mol. The third-order valence-corrected chi connectivity index (χ3v) is 3.66. The van der Waals surface area contributed by atoms with Crippen LogP contribution in [-0.4, -0.2) is 31.2 Å². The highest BCUT2D eigenvalue weighted by Gasteiger charge is 2.30. The van der Waals surface area contributed by atoms with Gasteiger partial charge in [-0.15, -0.1) is 12.4 Å². The van der Waals surface area contributed by atoms with Crippen molar-refractivity contribution in [1.29, 1.82) is 0 Å². The van der Waals surface area contributed by atoms with E-state index in [1.807, 2.05) is 13.8 Å². The Labute approximate surface area is 135 Å². The Morgan fingerprint density at radius 2 is 2.23 bits per heavy atom. The standard InChI is InChI=1S/C15H20F2N2O2.ClH/c1-3-13(11-5-4-10(16)8-12(11)17)19-15(20)14-9(2)21-7-6-18-14;/h4-5,8-9,13-14,18H,3,6-7H2,1-2H3,(H,19,20);1H/t9-,13?,14+;/m1./s1. The van der Waals surface area contributed by atoms with E-state index in [9.17, 15) is 13.6 Å². The number of halogens is 3. The Balaban J connectivity index is 0.00000242. The second kappa shape index (κ2) is 8.41. The van der Waals surface area contributed by atoms with Crippen molar-refractivity contribution in [2.24, 2.45) is 0 Å². The van der Waals surface area contributed by atoms with Crippen molar-refractivity contribution in [3.05, 3.63) is 35.4 Å². The molecule has 1 unspecified atom stereocenters. The Bertz CT molecular complexity index is 516. The van der Waals surface area contributed by atoms with Gasteiger partial charge in [-0.1, -0.05) is 13.0 Å². The van der Waals surface area contributed by atoms with Crippen LogP contribution in [0.15, 0.2) is 18.2 Å². The van der Waals surface area contributed by atoms with Crippen molar-refractivity contribution in [2.45, 2.75) is 38.5 Å². The molecule has 2 N–H and O–H groups in total. The van der Waals surface area contributed by atoms with Gasteiger partial charge in [-0.25, -0.2) is 8.78 Å². The summed E-state index contributed by atoms with van der Waals surface area (Å²) in [5.74, 6) is -1.52. The SMILES string of the molecule is CCC(NC(=O)[C@H]1NCCO[C@@H]1C)c1ccc(F)cc1F.Cl. The molecule has 1 aromatic rings. The summed E-state index contributed by atoms with van der Waals surface area (Å²) in [6, 6.07) is 2.44. The smallest absolute Gasteiger partial charge is 0.240 e. The largest absolute Gasteiger partial charge is 0.375 e. The van der Waals surface area contributed by atoms with Crippen molar-refractivity contribution in [1.82, 2.24) is 10.6 Å². The van der Waals surface area contributed by atoms with Crippen molar-refractivity contribution >= 4 is 18.3 Å². The lowest BCUT2D eigenvalue weighted by Gasteiger charge is -2.30. The van der Waals surface area contributed by atoms with Gasteiger partial charge in [-0.3, -0.25) is 4.79 Å². The summed E-state index contributed by atoms with van der Waals surface area (Å²) in [5.41, 5.74) is 0.289. The van der Waals surface area contributed by atoms with Crippen LogP contribution in [0.25, 0.3) is 0 Å². The number of ether oxygens (including phenoxy) is 1. The lowest BCUT2D eigenvalue weighted by molar-refractivity contribution is -0.129. The Kier molecular flexibility index (Phi) is 7.19. The molecule has 1 fully saturated rings. The van der Waals surface area contributed by atoms with E-state index in [1.54, 1.807) is 0 Å². The van der Waals surface area contributed by atoms with Gasteiger partial charge < -0.3 is 15.4 Å². The maximum Gasteiger partial charge on any atom is 0.240 e. The molecule has 0 aliphatic carbocycles. The molecular weight excluding hydrogens is 314 g/mol. The number of benzene rings is 1. The number of carbonyl (C=O) groups is 1. The summed E-state index contributed by atoms with van der Waals surface area (Å²) in [5, 5.41) is 5.88. The van der Waals surface area contributed by atoms with E-state index in [2.05, 4.69) is 10.6 Å². The second-order valence-corrected chi connectivity index (χ2v) is 5.14. The van der Waals surface area contributed by atoms with Gasteiger partial charge in [0.05, 0.1) is 18.8 Å². The molecule has 0 saturated carbocycles. The van der Waals surface area contributed by atoms with Crippen LogP contribution in [0.2, 0.25) is 0 Å². The van der Waals surface area contributed by atoms with E-state index >= 15 is 0 Å². The fourth-order valence-electron chi connectivity index (χ4n) is 2.47. The van der Waals surface area contributed by atoms with Crippen LogP contribution < -0.4 is 10.6 Å². The monoisotopic (exact) mass is 334 g/mol. The molecule has 2 rings (SSSR count). The van der Waals surface area contributed by atoms with Gasteiger partial charge in [0.2, 0.25) is 5.91 Å². The highest BCUT2D eigenvalue weighted by atomic mass is 35.5. The Morgan fingerprint density at radius 1 is 1.50 bits per heavy atom. The molecule has 1 heterocycles. The van der Waals surface area contributed by atoms with E-state index in [4.69, 9.17) is 4.74 Å². The highest BCUT2D eigenvalue weighted by Crippen LogP contribution is 2.21. The Morgan fingerprint density at radius 3 is 2.82 bits per heavy atom. The van der Waals surface area contributed by atoms with Gasteiger partial charge in [0.15, 0.2) is 0 Å². The molecule has 0 radical (unpaired) electrons. The molecule has 1 aliphatic heterocycles. The first kappa shape index (κ1) is 18.8. The zero-order valence-corrected chi connectivity index (χ0v) is 13.4. The molecule has 22 heavy (non-hydrogen) atoms. The molecule has 0 spiro atoms. The summed E-state index contributed by atoms with van der Waals surface area (Å²) >= 11 is 0. The molecule has 124 valence electrons. The van der Waals surface area contributed by atoms with Crippen LogP contribution >= 0.6 is 12.4 Å². The fraction of sp³-hybridized carbons (Fsp3) is 0.533. The minimum atomic E-state index is -0.650. The summed E-state index contributed by atoms with van der Waals surface area (Å²) in [7, 11) is 0. The first-order valence-electron chi connectivity index (χ1n) is 7.13. The lowest BCUT2D eigenvalue weighted by Crippen LogP contribution is -2.55. The molecule has 1 aromatic carbocycles. The first-order chi connectivity index (χ1) is 10.0. The van der Waals surface area contributed by atoms with E-state index in [-0.39, 0.29) is 30.0 Å². The number of rotatable bonds is 4. The third-order valence-electron chi connectivity index (χ3n) is 3.66. The van der Waals surface area contributed by atoms with Gasteiger partial charge in [0.25, 0.3) is 0 Å². The molecule has 1 aliphatic rings. The topological polar surface area (TPSA) is 50.4 Å². The number of hydrogen-bond acceptors (Lipinski definition) is 3. The third kappa shape index (κ3) is 4.38. The highest BCUT2D eigenvalue weighted by molar-refractivity contribution is 5.85. The zero-order chi connectivity index (χ0) is 15.4. The van der Waals surface area contributed by atoms with Crippen LogP contribution in [0.1, 0.15) is 31.9 Å². The first-order valence-corrected chi connectivity index (χ1v) is 7.13. The minimum Gasteiger partial charge on any atom is -0.375 e. The van der Waals surface area contributed by atoms with Gasteiger partial charge in [0.1, 0.15) is 17.7 Å². The average Bonchev–Trinajstić information content (AvgIpc) is 2.45. The lowest BCUT2D eigenvalue weighted by atomic mass is 10.0. The molecule has 1 amide bonds. The summed E-state index contributed by atoms with van der Waals surface area (Å²) in [6.45, 7) is 4.82. The van der Waals surface area contributed by atoms with Crippen molar-refractivity contribution in [3.63, 3.8) is 0 Å². The molecule has 0 aromatic heterocycles. The summed E-state index contributed by atoms with van der Waals surface area (Å²) in [6.07, 6.45) is 0.269. The van der Waals surface area contributed by atoms with Crippen LogP contribution in [0.5, 0.6) is 0 Å². The number of nitrogens with one attached hydrogen (secondary N) is 2. The fourth-order valence-corrected chi connectivity index (χ4v) is 2.47. The summed E-state index contributed by atoms with van der Waals surface area (Å²) in [4.78, 5) is 12.3. The normalized spacial score (nSPS) is 22.5. The van der Waals surface area contributed by atoms with Crippen LogP contribution in [0.4, 0.5) is 8.78 Å². The molecule has 3 atom stereocenters. The predicted octanol–water partition coefficient (Wildman–Crippen LogP) is 2.33. The molecule has 1 saturated heterocycles. The number of amides is 1. The quantitative estimate of drug-likeness (QED) is 0.888. The summed E-state index contributed by atoms with van der Waals surface area (Å²) < 4.78 is 32.2. The average molecular weight is 335 g/mol. The number of morpholine rings is 1. The van der Waals surface area contributed by atoms with Gasteiger partial charge in [0, 0.05) is 18.2 Å². The van der Waals surface area contributed by atoms with Gasteiger partial charge >= 0.3 is 0 Å². The minimum absolute atomic E-state index is 0. The van der Waals surface area contributed by atoms with Crippen molar-refractivity contribution in [3.8, 4) is 0 Å². The maximum atomic E-state index is 13.8. The van der Waals surface area contributed by atoms with Crippen molar-refractivity contribution < 1.29 is 18.3 Å². The van der Waals surface area contributed by atoms with E-state index in [1.165, 1.54) is 12.1 Å². The Hall–Kier alpha value is -1.24. The molecular formula is C15H21ClF2N2O2. The molecule has 7 heteroatoms. The maximum absolute atomic E-state index is 13.8. The van der Waals surface area contributed by atoms with E-state index in [0.29, 0.717) is 19.6 Å². The molecule has 4 nitrogen and oxygen atoms in total. The van der Waals surface area contributed by atoms with E-state index in [0.717, 1.165) is 6.07 Å². The number of carbonyl (C=O) groups excluding carboxylic acids is 1. The van der Waals surface area contributed by atoms with Crippen LogP contribution in [-0.2, 0) is 9.53 Å². The van der Waals surface area contributed by atoms with Crippen LogP contribution in [0.3, 0.4) is 0 Å². The second-order valence-electron chi connectivity index (χ2n) is 5.14. The molecule has 0 bridgehead atoms. The van der Waals surface area contributed by atoms with Crippen molar-refractivity contribution in [2.75, 3.05) is 13.2 Å². The van der Waals surface area contributed by atoms with Gasteiger partial charge in [-0.05, 0) is 19.4 Å².